The van der Waals surface area contributed by atoms with Crippen molar-refractivity contribution in [3.05, 3.63) is 65.5 Å². The Morgan fingerprint density at radius 1 is 1.06 bits per heavy atom. The second-order valence-corrected chi connectivity index (χ2v) is 8.80. The molecule has 0 unspecified atom stereocenters. The van der Waals surface area contributed by atoms with Gasteiger partial charge in [0.1, 0.15) is 11.6 Å². The number of hydrogen-bond donors (Lipinski definition) is 1. The molecule has 2 aromatic carbocycles. The Balaban J connectivity index is 0.00000187. The molecular weight excluding hydrogens is 417 g/mol. The lowest BCUT2D eigenvalue weighted by molar-refractivity contribution is 0.127. The Labute approximate surface area is 198 Å². The topological polar surface area (TPSA) is 44.8 Å². The fourth-order valence-corrected chi connectivity index (χ4v) is 3.71. The van der Waals surface area contributed by atoms with Crippen LogP contribution in [-0.4, -0.2) is 48.6 Å². The number of halogens is 1. The zero-order valence-electron chi connectivity index (χ0n) is 20.8. The molecule has 0 aliphatic carbocycles. The molecule has 6 heteroatoms. The molecule has 5 nitrogen and oxygen atoms in total. The number of nitrogens with zero attached hydrogens (tertiary/aromatic N) is 2. The number of carbonyl (C=O) groups excluding carboxylic acids is 1. The molecule has 1 aliphatic heterocycles. The SMILES string of the molecule is CC.CC(C)COc1ccc(CNC(=O)N(Cc2ccc(F)cc2)C2CCN(C)CC2)cc1. The lowest BCUT2D eigenvalue weighted by Gasteiger charge is -2.37. The number of piperidine rings is 1. The van der Waals surface area contributed by atoms with Crippen LogP contribution in [0.25, 0.3) is 0 Å². The van der Waals surface area contributed by atoms with Crippen LogP contribution in [0, 0.1) is 11.7 Å². The van der Waals surface area contributed by atoms with Crippen LogP contribution in [0.5, 0.6) is 5.75 Å². The van der Waals surface area contributed by atoms with Crippen LogP contribution in [0.1, 0.15) is 51.7 Å². The zero-order chi connectivity index (χ0) is 24.2. The highest BCUT2D eigenvalue weighted by Gasteiger charge is 2.27. The Kier molecular flexibility index (Phi) is 11.2. The lowest BCUT2D eigenvalue weighted by Crippen LogP contribution is -2.49. The van der Waals surface area contributed by atoms with Gasteiger partial charge in [-0.2, -0.15) is 0 Å². The maximum Gasteiger partial charge on any atom is 0.318 e. The summed E-state index contributed by atoms with van der Waals surface area (Å²) in [5, 5.41) is 3.07. The smallest absolute Gasteiger partial charge is 0.318 e. The van der Waals surface area contributed by atoms with Gasteiger partial charge >= 0.3 is 6.03 Å². The Hall–Kier alpha value is -2.60. The van der Waals surface area contributed by atoms with E-state index in [-0.39, 0.29) is 17.9 Å². The lowest BCUT2D eigenvalue weighted by atomic mass is 10.0. The van der Waals surface area contributed by atoms with Crippen molar-refractivity contribution in [3.8, 4) is 5.75 Å². The minimum Gasteiger partial charge on any atom is -0.493 e. The average molecular weight is 458 g/mol. The first kappa shape index (κ1) is 26.7. The number of amides is 2. The monoisotopic (exact) mass is 457 g/mol. The second kappa shape index (κ2) is 13.8. The van der Waals surface area contributed by atoms with E-state index >= 15 is 0 Å². The van der Waals surface area contributed by atoms with Crippen LogP contribution in [0.3, 0.4) is 0 Å². The van der Waals surface area contributed by atoms with E-state index in [4.69, 9.17) is 4.74 Å². The third-order valence-electron chi connectivity index (χ3n) is 5.61. The molecule has 0 spiro atoms. The minimum absolute atomic E-state index is 0.0842. The molecule has 0 saturated carbocycles. The van der Waals surface area contributed by atoms with Crippen LogP contribution >= 0.6 is 0 Å². The van der Waals surface area contributed by atoms with Gasteiger partial charge in [0.25, 0.3) is 0 Å². The van der Waals surface area contributed by atoms with E-state index in [2.05, 4.69) is 31.1 Å². The fourth-order valence-electron chi connectivity index (χ4n) is 3.71. The van der Waals surface area contributed by atoms with Crippen molar-refractivity contribution in [2.45, 2.75) is 59.7 Å². The molecule has 0 atom stereocenters. The standard InChI is InChI=1S/C25H34FN3O2.C2H6/c1-19(2)18-31-24-10-6-20(7-11-24)16-27-25(30)29(23-12-14-28(3)15-13-23)17-21-4-8-22(26)9-5-21;1-2/h4-11,19,23H,12-18H2,1-3H3,(H,27,30);1-2H3. The van der Waals surface area contributed by atoms with Crippen molar-refractivity contribution in [1.29, 1.82) is 0 Å². The van der Waals surface area contributed by atoms with Gasteiger partial charge in [-0.05, 0) is 74.3 Å². The Morgan fingerprint density at radius 3 is 2.21 bits per heavy atom. The highest BCUT2D eigenvalue weighted by atomic mass is 19.1. The molecule has 0 radical (unpaired) electrons. The molecular formula is C27H40FN3O2. The molecule has 1 saturated heterocycles. The summed E-state index contributed by atoms with van der Waals surface area (Å²) in [4.78, 5) is 17.3. The Bertz CT molecular complexity index is 816. The summed E-state index contributed by atoms with van der Waals surface area (Å²) >= 11 is 0. The van der Waals surface area contributed by atoms with Gasteiger partial charge in [-0.1, -0.05) is 52.0 Å². The first-order valence-corrected chi connectivity index (χ1v) is 12.1. The van der Waals surface area contributed by atoms with Crippen molar-refractivity contribution in [1.82, 2.24) is 15.1 Å². The number of hydrogen-bond acceptors (Lipinski definition) is 3. The third-order valence-corrected chi connectivity index (χ3v) is 5.61. The predicted molar refractivity (Wildman–Crippen MR) is 133 cm³/mol. The normalized spacial score (nSPS) is 14.4. The molecule has 0 aromatic heterocycles. The van der Waals surface area contributed by atoms with E-state index in [0.29, 0.717) is 25.6 Å². The molecule has 1 N–H and O–H groups in total. The molecule has 2 aromatic rings. The van der Waals surface area contributed by atoms with Gasteiger partial charge in [-0.25, -0.2) is 9.18 Å². The maximum atomic E-state index is 13.3. The van der Waals surface area contributed by atoms with Crippen LogP contribution in [0.2, 0.25) is 0 Å². The van der Waals surface area contributed by atoms with Gasteiger partial charge in [0.05, 0.1) is 6.61 Å². The molecule has 2 amide bonds. The predicted octanol–water partition coefficient (Wildman–Crippen LogP) is 5.69. The van der Waals surface area contributed by atoms with Crippen LogP contribution in [0.15, 0.2) is 48.5 Å². The summed E-state index contributed by atoms with van der Waals surface area (Å²) in [6.07, 6.45) is 1.88. The van der Waals surface area contributed by atoms with Crippen molar-refractivity contribution < 1.29 is 13.9 Å². The summed E-state index contributed by atoms with van der Waals surface area (Å²) in [6, 6.07) is 14.3. The van der Waals surface area contributed by atoms with Crippen molar-refractivity contribution >= 4 is 6.03 Å². The van der Waals surface area contributed by atoms with E-state index in [1.54, 1.807) is 12.1 Å². The van der Waals surface area contributed by atoms with E-state index in [1.165, 1.54) is 12.1 Å². The maximum absolute atomic E-state index is 13.3. The van der Waals surface area contributed by atoms with E-state index in [1.807, 2.05) is 43.0 Å². The molecule has 1 aliphatic rings. The first-order chi connectivity index (χ1) is 15.9. The molecule has 1 fully saturated rings. The summed E-state index contributed by atoms with van der Waals surface area (Å²) in [6.45, 7) is 11.8. The molecule has 3 rings (SSSR count). The van der Waals surface area contributed by atoms with E-state index in [0.717, 1.165) is 42.8 Å². The highest BCUT2D eigenvalue weighted by Crippen LogP contribution is 2.19. The zero-order valence-corrected chi connectivity index (χ0v) is 20.8. The number of likely N-dealkylation sites (tertiary alicyclic amines) is 1. The van der Waals surface area contributed by atoms with Crippen LogP contribution in [-0.2, 0) is 13.1 Å². The quantitative estimate of drug-likeness (QED) is 0.554. The third kappa shape index (κ3) is 9.04. The number of nitrogens with one attached hydrogen (secondary N) is 1. The van der Waals surface area contributed by atoms with Gasteiger partial charge in [-0.3, -0.25) is 0 Å². The number of carbonyl (C=O) groups is 1. The van der Waals surface area contributed by atoms with Crippen LogP contribution < -0.4 is 10.1 Å². The summed E-state index contributed by atoms with van der Waals surface area (Å²) in [5.74, 6) is 1.05. The van der Waals surface area contributed by atoms with Crippen molar-refractivity contribution in [2.24, 2.45) is 5.92 Å². The van der Waals surface area contributed by atoms with Gasteiger partial charge in [-0.15, -0.1) is 0 Å². The minimum atomic E-state index is -0.264. The second-order valence-electron chi connectivity index (χ2n) is 8.80. The van der Waals surface area contributed by atoms with E-state index < -0.39 is 0 Å². The van der Waals surface area contributed by atoms with Gasteiger partial charge in [0, 0.05) is 19.1 Å². The summed E-state index contributed by atoms with van der Waals surface area (Å²) in [5.41, 5.74) is 1.96. The highest BCUT2D eigenvalue weighted by molar-refractivity contribution is 5.74. The Morgan fingerprint density at radius 2 is 1.64 bits per heavy atom. The van der Waals surface area contributed by atoms with Gasteiger partial charge in [0.2, 0.25) is 0 Å². The molecule has 182 valence electrons. The van der Waals surface area contributed by atoms with Gasteiger partial charge in [0.15, 0.2) is 0 Å². The van der Waals surface area contributed by atoms with E-state index in [9.17, 15) is 9.18 Å². The molecule has 33 heavy (non-hydrogen) atoms. The average Bonchev–Trinajstić information content (AvgIpc) is 2.83. The van der Waals surface area contributed by atoms with Crippen molar-refractivity contribution in [3.63, 3.8) is 0 Å². The first-order valence-electron chi connectivity index (χ1n) is 12.1. The summed E-state index contributed by atoms with van der Waals surface area (Å²) < 4.78 is 19.0. The summed E-state index contributed by atoms with van der Waals surface area (Å²) in [7, 11) is 2.11. The molecule has 1 heterocycles. The number of benzene rings is 2. The fraction of sp³-hybridized carbons (Fsp3) is 0.519. The number of ether oxygens (including phenoxy) is 1. The van der Waals surface area contributed by atoms with Crippen molar-refractivity contribution in [2.75, 3.05) is 26.7 Å². The molecule has 0 bridgehead atoms. The van der Waals surface area contributed by atoms with Crippen LogP contribution in [0.4, 0.5) is 9.18 Å². The number of rotatable bonds is 8. The van der Waals surface area contributed by atoms with Gasteiger partial charge < -0.3 is 19.9 Å². The largest absolute Gasteiger partial charge is 0.493 e. The number of urea groups is 1.